The van der Waals surface area contributed by atoms with Crippen molar-refractivity contribution in [2.45, 2.75) is 105 Å². The van der Waals surface area contributed by atoms with Gasteiger partial charge in [-0.3, -0.25) is 9.59 Å². The van der Waals surface area contributed by atoms with Crippen LogP contribution in [0.2, 0.25) is 0 Å². The number of fused-ring (bicyclic) bond motifs is 5. The summed E-state index contributed by atoms with van der Waals surface area (Å²) in [5, 5.41) is 9.57. The molecule has 3 aliphatic carbocycles. The molecule has 1 saturated heterocycles. The topological polar surface area (TPSA) is 63.6 Å². The van der Waals surface area contributed by atoms with E-state index in [-0.39, 0.29) is 40.2 Å². The second-order valence-electron chi connectivity index (χ2n) is 13.5. The first-order chi connectivity index (χ1) is 15.7. The van der Waals surface area contributed by atoms with Gasteiger partial charge in [0, 0.05) is 12.3 Å². The van der Waals surface area contributed by atoms with E-state index in [0.29, 0.717) is 36.5 Å². The molecule has 1 N–H and O–H groups in total. The fourth-order valence-electron chi connectivity index (χ4n) is 9.89. The second kappa shape index (κ2) is 8.23. The third-order valence-electron chi connectivity index (χ3n) is 11.7. The molecule has 4 fully saturated rings. The largest absolute Gasteiger partial charge is 0.481 e. The Kier molecular flexibility index (Phi) is 6.18. The van der Waals surface area contributed by atoms with E-state index in [2.05, 4.69) is 47.8 Å². The van der Waals surface area contributed by atoms with Crippen LogP contribution in [0.4, 0.5) is 0 Å². The van der Waals surface area contributed by atoms with E-state index in [4.69, 9.17) is 4.74 Å². The van der Waals surface area contributed by atoms with E-state index < -0.39 is 5.97 Å². The van der Waals surface area contributed by atoms with Crippen molar-refractivity contribution in [1.29, 1.82) is 0 Å². The minimum absolute atomic E-state index is 0.0339. The molecule has 0 radical (unpaired) electrons. The first-order valence-corrected chi connectivity index (χ1v) is 13.4. The standard InChI is InChI=1S/C30H46O4/c1-18(2)20-11-14-30(8)22(28(20,6)13-12-23(31)32)10-9-21-25-26(19(3)4)34-24(33)17-27(25,5)15-16-29(21,30)7/h20-22,25-26H,1,3,9-17H2,2,4-8H3,(H,31,32). The van der Waals surface area contributed by atoms with Gasteiger partial charge in [0.15, 0.2) is 0 Å². The lowest BCUT2D eigenvalue weighted by Gasteiger charge is -2.71. The molecule has 1 heterocycles. The van der Waals surface area contributed by atoms with Gasteiger partial charge in [-0.15, -0.1) is 0 Å². The molecule has 190 valence electrons. The molecule has 0 amide bonds. The highest BCUT2D eigenvalue weighted by molar-refractivity contribution is 5.72. The van der Waals surface area contributed by atoms with Gasteiger partial charge in [0.25, 0.3) is 0 Å². The van der Waals surface area contributed by atoms with E-state index in [0.717, 1.165) is 44.1 Å². The molecule has 0 bridgehead atoms. The van der Waals surface area contributed by atoms with Crippen LogP contribution in [0.15, 0.2) is 24.3 Å². The maximum Gasteiger partial charge on any atom is 0.306 e. The van der Waals surface area contributed by atoms with E-state index in [1.165, 1.54) is 5.57 Å². The van der Waals surface area contributed by atoms with Crippen molar-refractivity contribution in [3.05, 3.63) is 24.3 Å². The maximum atomic E-state index is 12.6. The number of cyclic esters (lactones) is 1. The molecule has 0 aromatic heterocycles. The fourth-order valence-corrected chi connectivity index (χ4v) is 9.89. The highest BCUT2D eigenvalue weighted by Crippen LogP contribution is 2.74. The minimum atomic E-state index is -0.699. The number of carbonyl (C=O) groups is 2. The number of carboxylic acids is 1. The van der Waals surface area contributed by atoms with Gasteiger partial charge in [-0.1, -0.05) is 46.4 Å². The van der Waals surface area contributed by atoms with Crippen molar-refractivity contribution in [1.82, 2.24) is 0 Å². The number of carbonyl (C=O) groups excluding carboxylic acids is 1. The number of hydrogen-bond donors (Lipinski definition) is 1. The molecule has 9 unspecified atom stereocenters. The lowest BCUT2D eigenvalue weighted by Crippen LogP contribution is -2.66. The third-order valence-corrected chi connectivity index (χ3v) is 11.7. The zero-order chi connectivity index (χ0) is 25.3. The van der Waals surface area contributed by atoms with Gasteiger partial charge >= 0.3 is 11.9 Å². The third kappa shape index (κ3) is 3.53. The van der Waals surface area contributed by atoms with Gasteiger partial charge in [-0.2, -0.15) is 0 Å². The van der Waals surface area contributed by atoms with Crippen molar-refractivity contribution < 1.29 is 19.4 Å². The normalized spacial score (nSPS) is 48.1. The average molecular weight is 471 g/mol. The summed E-state index contributed by atoms with van der Waals surface area (Å²) in [6, 6.07) is 0. The highest BCUT2D eigenvalue weighted by Gasteiger charge is 2.68. The number of aliphatic carboxylic acids is 1. The smallest absolute Gasteiger partial charge is 0.306 e. The van der Waals surface area contributed by atoms with Crippen LogP contribution in [0.5, 0.6) is 0 Å². The summed E-state index contributed by atoms with van der Waals surface area (Å²) in [6.07, 6.45) is 7.90. The Morgan fingerprint density at radius 2 is 1.68 bits per heavy atom. The number of esters is 1. The molecule has 34 heavy (non-hydrogen) atoms. The SMILES string of the molecule is C=C(C)C1OC(=O)CC2(C)CCC3(C)C(CCC4C(C)(CCC(=O)O)C(C(=C)C)CCC43C)C12. The highest BCUT2D eigenvalue weighted by atomic mass is 16.5. The van der Waals surface area contributed by atoms with Crippen LogP contribution in [0, 0.1) is 45.3 Å². The molecule has 4 rings (SSSR count). The Morgan fingerprint density at radius 3 is 2.26 bits per heavy atom. The molecule has 1 aliphatic heterocycles. The predicted octanol–water partition coefficient (Wildman–Crippen LogP) is 7.19. The van der Waals surface area contributed by atoms with E-state index in [9.17, 15) is 14.7 Å². The number of ether oxygens (including phenoxy) is 1. The van der Waals surface area contributed by atoms with Crippen molar-refractivity contribution >= 4 is 11.9 Å². The second-order valence-corrected chi connectivity index (χ2v) is 13.5. The minimum Gasteiger partial charge on any atom is -0.481 e. The van der Waals surface area contributed by atoms with E-state index in [1.54, 1.807) is 0 Å². The first kappa shape index (κ1) is 25.5. The van der Waals surface area contributed by atoms with E-state index in [1.807, 2.05) is 6.92 Å². The van der Waals surface area contributed by atoms with Crippen LogP contribution in [0.25, 0.3) is 0 Å². The summed E-state index contributed by atoms with van der Waals surface area (Å²) < 4.78 is 5.98. The predicted molar refractivity (Wildman–Crippen MR) is 135 cm³/mol. The summed E-state index contributed by atoms with van der Waals surface area (Å²) in [4.78, 5) is 24.2. The summed E-state index contributed by atoms with van der Waals surface area (Å²) in [7, 11) is 0. The Labute approximate surface area is 206 Å². The molecular weight excluding hydrogens is 424 g/mol. The molecule has 0 aromatic rings. The number of rotatable bonds is 5. The van der Waals surface area contributed by atoms with Gasteiger partial charge < -0.3 is 9.84 Å². The number of carboxylic acid groups (broad SMARTS) is 1. The first-order valence-electron chi connectivity index (χ1n) is 13.4. The fraction of sp³-hybridized carbons (Fsp3) is 0.800. The Morgan fingerprint density at radius 1 is 1.00 bits per heavy atom. The molecule has 0 aromatic carbocycles. The Balaban J connectivity index is 1.76. The van der Waals surface area contributed by atoms with Crippen molar-refractivity contribution in [2.24, 2.45) is 45.3 Å². The van der Waals surface area contributed by atoms with Crippen molar-refractivity contribution in [3.8, 4) is 0 Å². The lowest BCUT2D eigenvalue weighted by molar-refractivity contribution is -0.239. The zero-order valence-electron chi connectivity index (χ0n) is 22.3. The molecule has 4 aliphatic rings. The molecule has 0 spiro atoms. The van der Waals surface area contributed by atoms with Crippen molar-refractivity contribution in [3.63, 3.8) is 0 Å². The molecule has 4 heteroatoms. The van der Waals surface area contributed by atoms with Gasteiger partial charge in [0.2, 0.25) is 0 Å². The molecule has 3 saturated carbocycles. The van der Waals surface area contributed by atoms with Crippen LogP contribution < -0.4 is 0 Å². The van der Waals surface area contributed by atoms with Crippen LogP contribution in [-0.4, -0.2) is 23.1 Å². The summed E-state index contributed by atoms with van der Waals surface area (Å²) >= 11 is 0. The van der Waals surface area contributed by atoms with Crippen LogP contribution in [-0.2, 0) is 14.3 Å². The molecule has 4 nitrogen and oxygen atoms in total. The summed E-state index contributed by atoms with van der Waals surface area (Å²) in [5.41, 5.74) is 2.34. The summed E-state index contributed by atoms with van der Waals surface area (Å²) in [6.45, 7) is 22.5. The van der Waals surface area contributed by atoms with Crippen LogP contribution >= 0.6 is 0 Å². The van der Waals surface area contributed by atoms with Gasteiger partial charge in [-0.05, 0) is 104 Å². The average Bonchev–Trinajstić information content (AvgIpc) is 2.72. The Hall–Kier alpha value is -1.58. The summed E-state index contributed by atoms with van der Waals surface area (Å²) in [5.74, 6) is 0.859. The van der Waals surface area contributed by atoms with Crippen LogP contribution in [0.1, 0.15) is 99.3 Å². The Bertz CT molecular complexity index is 905. The zero-order valence-corrected chi connectivity index (χ0v) is 22.3. The molecular formula is C30H46O4. The molecule has 9 atom stereocenters. The number of allylic oxidation sites excluding steroid dienone is 1. The number of hydrogen-bond acceptors (Lipinski definition) is 3. The van der Waals surface area contributed by atoms with E-state index >= 15 is 0 Å². The van der Waals surface area contributed by atoms with Crippen LogP contribution in [0.3, 0.4) is 0 Å². The van der Waals surface area contributed by atoms with Gasteiger partial charge in [0.1, 0.15) is 6.10 Å². The lowest BCUT2D eigenvalue weighted by atomic mass is 9.33. The van der Waals surface area contributed by atoms with Gasteiger partial charge in [-0.25, -0.2) is 0 Å². The monoisotopic (exact) mass is 470 g/mol. The van der Waals surface area contributed by atoms with Gasteiger partial charge in [0.05, 0.1) is 6.42 Å². The quantitative estimate of drug-likeness (QED) is 0.341. The van der Waals surface area contributed by atoms with Crippen molar-refractivity contribution in [2.75, 3.05) is 0 Å². The maximum absolute atomic E-state index is 12.6.